The molecule has 7 nitrogen and oxygen atoms in total. The summed E-state index contributed by atoms with van der Waals surface area (Å²) in [5.41, 5.74) is 0. The van der Waals surface area contributed by atoms with Crippen molar-refractivity contribution in [2.24, 2.45) is 0 Å². The van der Waals surface area contributed by atoms with Crippen molar-refractivity contribution in [2.75, 3.05) is 46.0 Å². The van der Waals surface area contributed by atoms with Crippen LogP contribution < -0.4 is 4.74 Å². The molecule has 1 spiro atoms. The molecule has 7 heteroatoms. The molecule has 0 radical (unpaired) electrons. The molecule has 0 aromatic heterocycles. The van der Waals surface area contributed by atoms with E-state index in [4.69, 9.17) is 14.2 Å². The first-order valence-electron chi connectivity index (χ1n) is 8.07. The first kappa shape index (κ1) is 16.7. The zero-order valence-corrected chi connectivity index (χ0v) is 13.8. The minimum Gasteiger partial charge on any atom is -0.484 e. The van der Waals surface area contributed by atoms with Gasteiger partial charge in [-0.25, -0.2) is 0 Å². The van der Waals surface area contributed by atoms with Crippen molar-refractivity contribution in [1.82, 2.24) is 9.80 Å². The molecule has 2 heterocycles. The summed E-state index contributed by atoms with van der Waals surface area (Å²) in [6.07, 6.45) is 0. The minimum absolute atomic E-state index is 0.0165. The number of hydrogen-bond donors (Lipinski definition) is 0. The van der Waals surface area contributed by atoms with Crippen LogP contribution in [0.4, 0.5) is 0 Å². The van der Waals surface area contributed by atoms with E-state index in [9.17, 15) is 9.59 Å². The Morgan fingerprint density at radius 1 is 1.08 bits per heavy atom. The van der Waals surface area contributed by atoms with Crippen LogP contribution in [0.15, 0.2) is 30.3 Å². The normalized spacial score (nSPS) is 24.0. The molecule has 1 unspecified atom stereocenters. The predicted octanol–water partition coefficient (Wildman–Crippen LogP) is 0.499. The van der Waals surface area contributed by atoms with Gasteiger partial charge in [-0.2, -0.15) is 0 Å². The van der Waals surface area contributed by atoms with E-state index < -0.39 is 5.79 Å². The van der Waals surface area contributed by atoms with Gasteiger partial charge in [-0.1, -0.05) is 18.2 Å². The third-order valence-electron chi connectivity index (χ3n) is 4.22. The summed E-state index contributed by atoms with van der Waals surface area (Å²) in [5, 5.41) is 0. The highest BCUT2D eigenvalue weighted by Gasteiger charge is 2.43. The van der Waals surface area contributed by atoms with Crippen molar-refractivity contribution in [1.29, 1.82) is 0 Å². The average Bonchev–Trinajstić information content (AvgIpc) is 2.60. The zero-order valence-electron chi connectivity index (χ0n) is 13.8. The highest BCUT2D eigenvalue weighted by atomic mass is 16.7. The predicted molar refractivity (Wildman–Crippen MR) is 85.4 cm³/mol. The lowest BCUT2D eigenvalue weighted by Gasteiger charge is -2.47. The highest BCUT2D eigenvalue weighted by Crippen LogP contribution is 2.25. The molecule has 2 aliphatic rings. The van der Waals surface area contributed by atoms with Crippen molar-refractivity contribution in [3.05, 3.63) is 30.3 Å². The van der Waals surface area contributed by atoms with Crippen LogP contribution >= 0.6 is 0 Å². The van der Waals surface area contributed by atoms with E-state index in [0.29, 0.717) is 45.1 Å². The molecule has 1 aromatic rings. The Kier molecular flexibility index (Phi) is 5.01. The number of hydrogen-bond acceptors (Lipinski definition) is 5. The van der Waals surface area contributed by atoms with Crippen LogP contribution in [0.2, 0.25) is 0 Å². The van der Waals surface area contributed by atoms with Gasteiger partial charge in [0.05, 0.1) is 26.3 Å². The fourth-order valence-electron chi connectivity index (χ4n) is 2.93. The SMILES string of the molecule is CC(=O)N1CCOC2(C1)CN(C(=O)COc1ccccc1)CCO2. The molecule has 2 saturated heterocycles. The smallest absolute Gasteiger partial charge is 0.260 e. The molecule has 0 saturated carbocycles. The summed E-state index contributed by atoms with van der Waals surface area (Å²) in [4.78, 5) is 27.4. The van der Waals surface area contributed by atoms with Crippen LogP contribution in [0, 0.1) is 0 Å². The molecule has 3 rings (SSSR count). The maximum absolute atomic E-state index is 12.4. The van der Waals surface area contributed by atoms with Crippen molar-refractivity contribution >= 4 is 11.8 Å². The van der Waals surface area contributed by atoms with E-state index in [1.165, 1.54) is 6.92 Å². The molecule has 2 fully saturated rings. The fourth-order valence-corrected chi connectivity index (χ4v) is 2.93. The van der Waals surface area contributed by atoms with Gasteiger partial charge in [-0.15, -0.1) is 0 Å². The number of ether oxygens (including phenoxy) is 3. The first-order valence-corrected chi connectivity index (χ1v) is 8.07. The maximum Gasteiger partial charge on any atom is 0.260 e. The van der Waals surface area contributed by atoms with Crippen LogP contribution in [0.3, 0.4) is 0 Å². The van der Waals surface area contributed by atoms with E-state index in [0.717, 1.165) is 0 Å². The number of para-hydroxylation sites is 1. The van der Waals surface area contributed by atoms with Gasteiger partial charge in [-0.05, 0) is 12.1 Å². The Morgan fingerprint density at radius 3 is 2.38 bits per heavy atom. The lowest BCUT2D eigenvalue weighted by atomic mass is 10.1. The fraction of sp³-hybridized carbons (Fsp3) is 0.529. The number of amides is 2. The average molecular weight is 334 g/mol. The van der Waals surface area contributed by atoms with Gasteiger partial charge in [0.1, 0.15) is 5.75 Å². The molecule has 130 valence electrons. The molecule has 1 aromatic carbocycles. The van der Waals surface area contributed by atoms with Crippen LogP contribution in [0.5, 0.6) is 5.75 Å². The topological polar surface area (TPSA) is 68.3 Å². The van der Waals surface area contributed by atoms with Gasteiger partial charge in [0.2, 0.25) is 11.7 Å². The summed E-state index contributed by atoms with van der Waals surface area (Å²) in [6, 6.07) is 9.22. The lowest BCUT2D eigenvalue weighted by Crippen LogP contribution is -2.63. The second kappa shape index (κ2) is 7.19. The second-order valence-electron chi connectivity index (χ2n) is 5.97. The first-order chi connectivity index (χ1) is 11.6. The Hall–Kier alpha value is -2.12. The van der Waals surface area contributed by atoms with E-state index >= 15 is 0 Å². The summed E-state index contributed by atoms with van der Waals surface area (Å²) in [6.45, 7) is 3.95. The Labute approximate surface area is 141 Å². The van der Waals surface area contributed by atoms with Crippen LogP contribution in [0.1, 0.15) is 6.92 Å². The number of carbonyl (C=O) groups is 2. The largest absolute Gasteiger partial charge is 0.484 e. The molecule has 0 bridgehead atoms. The van der Waals surface area contributed by atoms with Gasteiger partial charge in [-0.3, -0.25) is 9.59 Å². The number of carbonyl (C=O) groups excluding carboxylic acids is 2. The van der Waals surface area contributed by atoms with Crippen LogP contribution in [-0.4, -0.2) is 73.4 Å². The summed E-state index contributed by atoms with van der Waals surface area (Å²) < 4.78 is 17.1. The number of benzene rings is 1. The standard InChI is InChI=1S/C17H22N2O5/c1-14(20)18-7-9-23-17(12-18)13-19(8-10-24-17)16(21)11-22-15-5-3-2-4-6-15/h2-6H,7-13H2,1H3. The van der Waals surface area contributed by atoms with E-state index in [1.54, 1.807) is 9.80 Å². The Balaban J connectivity index is 1.58. The van der Waals surface area contributed by atoms with Crippen LogP contribution in [-0.2, 0) is 19.1 Å². The third-order valence-corrected chi connectivity index (χ3v) is 4.22. The summed E-state index contributed by atoms with van der Waals surface area (Å²) >= 11 is 0. The Morgan fingerprint density at radius 2 is 1.71 bits per heavy atom. The highest BCUT2D eigenvalue weighted by molar-refractivity contribution is 5.78. The molecule has 1 atom stereocenters. The minimum atomic E-state index is -0.926. The lowest BCUT2D eigenvalue weighted by molar-refractivity contribution is -0.287. The van der Waals surface area contributed by atoms with Gasteiger partial charge in [0, 0.05) is 20.0 Å². The van der Waals surface area contributed by atoms with E-state index in [-0.39, 0.29) is 18.4 Å². The molecular weight excluding hydrogens is 312 g/mol. The van der Waals surface area contributed by atoms with Gasteiger partial charge in [0.15, 0.2) is 6.61 Å². The van der Waals surface area contributed by atoms with Crippen molar-refractivity contribution in [2.45, 2.75) is 12.7 Å². The molecule has 2 amide bonds. The maximum atomic E-state index is 12.4. The van der Waals surface area contributed by atoms with E-state index in [2.05, 4.69) is 0 Å². The number of nitrogens with zero attached hydrogens (tertiary/aromatic N) is 2. The van der Waals surface area contributed by atoms with Crippen molar-refractivity contribution in [3.63, 3.8) is 0 Å². The number of rotatable bonds is 3. The van der Waals surface area contributed by atoms with Crippen molar-refractivity contribution < 1.29 is 23.8 Å². The van der Waals surface area contributed by atoms with Gasteiger partial charge >= 0.3 is 0 Å². The second-order valence-corrected chi connectivity index (χ2v) is 5.97. The molecule has 0 aliphatic carbocycles. The van der Waals surface area contributed by atoms with Crippen LogP contribution in [0.25, 0.3) is 0 Å². The van der Waals surface area contributed by atoms with E-state index in [1.807, 2.05) is 30.3 Å². The van der Waals surface area contributed by atoms with Gasteiger partial charge < -0.3 is 24.0 Å². The third kappa shape index (κ3) is 3.85. The zero-order chi connectivity index (χ0) is 17.0. The molecule has 2 aliphatic heterocycles. The quantitative estimate of drug-likeness (QED) is 0.805. The Bertz CT molecular complexity index is 590. The van der Waals surface area contributed by atoms with Crippen molar-refractivity contribution in [3.8, 4) is 5.75 Å². The summed E-state index contributed by atoms with van der Waals surface area (Å²) in [7, 11) is 0. The molecule has 0 N–H and O–H groups in total. The summed E-state index contributed by atoms with van der Waals surface area (Å²) in [5.74, 6) is -0.405. The molecule has 24 heavy (non-hydrogen) atoms. The number of morpholine rings is 2. The molecular formula is C17H22N2O5. The van der Waals surface area contributed by atoms with Gasteiger partial charge in [0.25, 0.3) is 5.91 Å². The monoisotopic (exact) mass is 334 g/mol.